The third-order valence-corrected chi connectivity index (χ3v) is 6.51. The van der Waals surface area contributed by atoms with Crippen molar-refractivity contribution >= 4 is 17.3 Å². The average molecular weight is 434 g/mol. The minimum atomic E-state index is -1.05. The van der Waals surface area contributed by atoms with E-state index in [9.17, 15) is 4.79 Å². The summed E-state index contributed by atoms with van der Waals surface area (Å²) in [6.45, 7) is 6.15. The van der Waals surface area contributed by atoms with Gasteiger partial charge in [-0.2, -0.15) is 0 Å². The fraction of sp³-hybridized carbons (Fsp3) is 0.138. The molecule has 2 aliphatic rings. The number of nitrogens with one attached hydrogen (secondary N) is 1. The van der Waals surface area contributed by atoms with Crippen LogP contribution in [0.4, 0.5) is 11.4 Å². The number of hydrogen-bond donors (Lipinski definition) is 1. The Labute approximate surface area is 192 Å². The number of carbonyl (C=O) groups excluding carboxylic acids is 1. The second-order valence-electron chi connectivity index (χ2n) is 8.88. The van der Waals surface area contributed by atoms with Gasteiger partial charge in [0.2, 0.25) is 0 Å². The number of esters is 1. The summed E-state index contributed by atoms with van der Waals surface area (Å²) in [5, 5.41) is 3.54. The van der Waals surface area contributed by atoms with E-state index in [1.807, 2.05) is 67.6 Å². The first-order valence-electron chi connectivity index (χ1n) is 11.1. The van der Waals surface area contributed by atoms with E-state index in [0.29, 0.717) is 17.1 Å². The molecule has 4 heteroatoms. The van der Waals surface area contributed by atoms with Gasteiger partial charge in [-0.15, -0.1) is 0 Å². The molecule has 0 aromatic heterocycles. The molecule has 2 aliphatic heterocycles. The maximum absolute atomic E-state index is 13.0. The highest BCUT2D eigenvalue weighted by Crippen LogP contribution is 2.57. The summed E-state index contributed by atoms with van der Waals surface area (Å²) >= 11 is 0. The van der Waals surface area contributed by atoms with E-state index >= 15 is 0 Å². The van der Waals surface area contributed by atoms with Crippen molar-refractivity contribution in [2.24, 2.45) is 0 Å². The monoisotopic (exact) mass is 433 g/mol. The summed E-state index contributed by atoms with van der Waals surface area (Å²) < 4.78 is 12.7. The zero-order valence-electron chi connectivity index (χ0n) is 18.7. The lowest BCUT2D eigenvalue weighted by Crippen LogP contribution is -2.33. The zero-order valence-corrected chi connectivity index (χ0v) is 18.7. The number of benzene rings is 4. The fourth-order valence-corrected chi connectivity index (χ4v) is 4.94. The van der Waals surface area contributed by atoms with Gasteiger partial charge in [0.25, 0.3) is 0 Å². The summed E-state index contributed by atoms with van der Waals surface area (Å²) in [5.74, 6) is 1.09. The summed E-state index contributed by atoms with van der Waals surface area (Å²) in [7, 11) is 0. The molecule has 0 aliphatic carbocycles. The smallest absolute Gasteiger partial charge is 0.340 e. The van der Waals surface area contributed by atoms with Crippen LogP contribution in [0.15, 0.2) is 78.9 Å². The number of aryl methyl sites for hydroxylation is 3. The lowest BCUT2D eigenvalue weighted by atomic mass is 9.77. The highest BCUT2D eigenvalue weighted by Gasteiger charge is 2.53. The predicted octanol–water partition coefficient (Wildman–Crippen LogP) is 6.92. The Morgan fingerprint density at radius 1 is 0.727 bits per heavy atom. The minimum absolute atomic E-state index is 0.321. The van der Waals surface area contributed by atoms with Gasteiger partial charge in [0.1, 0.15) is 11.5 Å². The fourth-order valence-electron chi connectivity index (χ4n) is 4.94. The van der Waals surface area contributed by atoms with Crippen molar-refractivity contribution in [3.8, 4) is 11.5 Å². The number of anilines is 2. The number of ether oxygens (including phenoxy) is 2. The van der Waals surface area contributed by atoms with Crippen LogP contribution in [-0.4, -0.2) is 5.97 Å². The van der Waals surface area contributed by atoms with Crippen LogP contribution in [-0.2, 0) is 10.3 Å². The Morgan fingerprint density at radius 2 is 1.52 bits per heavy atom. The quantitative estimate of drug-likeness (QED) is 0.349. The largest absolute Gasteiger partial charge is 0.456 e. The molecule has 0 saturated carbocycles. The molecule has 0 fully saturated rings. The summed E-state index contributed by atoms with van der Waals surface area (Å²) in [5.41, 5.74) is 7.28. The first kappa shape index (κ1) is 19.6. The second-order valence-corrected chi connectivity index (χ2v) is 8.88. The Hall–Kier alpha value is -4.05. The highest BCUT2D eigenvalue weighted by atomic mass is 16.6. The molecule has 162 valence electrons. The Morgan fingerprint density at radius 3 is 2.36 bits per heavy atom. The molecular formula is C29H23NO3. The SMILES string of the molecule is Cc1cccc(Nc2cc3c(cc2C)Oc2cc(C)ccc2C32OC(=O)c3ccccc32)c1. The standard InChI is InChI=1S/C29H23NO3/c1-17-7-6-8-20(13-17)30-25-16-24-27(15-19(25)3)32-26-14-18(2)11-12-23(26)29(24)22-10-5-4-9-21(22)28(31)33-29/h4-16,30H,1-3H3. The second kappa shape index (κ2) is 6.97. The van der Waals surface area contributed by atoms with Crippen LogP contribution in [0.25, 0.3) is 0 Å². The Kier molecular flexibility index (Phi) is 4.15. The Balaban J connectivity index is 1.61. The maximum Gasteiger partial charge on any atom is 0.340 e. The minimum Gasteiger partial charge on any atom is -0.456 e. The zero-order chi connectivity index (χ0) is 22.7. The van der Waals surface area contributed by atoms with Crippen molar-refractivity contribution < 1.29 is 14.3 Å². The van der Waals surface area contributed by atoms with Gasteiger partial charge >= 0.3 is 5.97 Å². The van der Waals surface area contributed by atoms with Crippen molar-refractivity contribution in [2.45, 2.75) is 26.4 Å². The van der Waals surface area contributed by atoms with E-state index in [-0.39, 0.29) is 5.97 Å². The van der Waals surface area contributed by atoms with Crippen LogP contribution in [0.1, 0.15) is 43.7 Å². The van der Waals surface area contributed by atoms with Crippen LogP contribution in [0, 0.1) is 20.8 Å². The van der Waals surface area contributed by atoms with Crippen molar-refractivity contribution in [3.05, 3.63) is 118 Å². The molecule has 1 atom stereocenters. The van der Waals surface area contributed by atoms with Crippen LogP contribution < -0.4 is 10.1 Å². The van der Waals surface area contributed by atoms with Gasteiger partial charge in [0.15, 0.2) is 5.60 Å². The number of hydrogen-bond acceptors (Lipinski definition) is 4. The van der Waals surface area contributed by atoms with E-state index in [1.54, 1.807) is 0 Å². The molecule has 4 aromatic rings. The van der Waals surface area contributed by atoms with Crippen molar-refractivity contribution in [3.63, 3.8) is 0 Å². The van der Waals surface area contributed by atoms with Crippen molar-refractivity contribution in [2.75, 3.05) is 5.32 Å². The summed E-state index contributed by atoms with van der Waals surface area (Å²) in [6, 6.07) is 26.0. The molecule has 0 amide bonds. The molecule has 0 radical (unpaired) electrons. The first-order valence-corrected chi connectivity index (χ1v) is 11.1. The topological polar surface area (TPSA) is 47.6 Å². The first-order chi connectivity index (χ1) is 16.0. The molecule has 1 unspecified atom stereocenters. The van der Waals surface area contributed by atoms with Crippen LogP contribution >= 0.6 is 0 Å². The summed E-state index contributed by atoms with van der Waals surface area (Å²) in [6.07, 6.45) is 0. The van der Waals surface area contributed by atoms with Crippen LogP contribution in [0.5, 0.6) is 11.5 Å². The molecule has 33 heavy (non-hydrogen) atoms. The number of fused-ring (bicyclic) bond motifs is 6. The summed E-state index contributed by atoms with van der Waals surface area (Å²) in [4.78, 5) is 13.0. The molecule has 1 N–H and O–H groups in total. The molecule has 6 rings (SSSR count). The van der Waals surface area contributed by atoms with Gasteiger partial charge in [0.05, 0.1) is 5.56 Å². The average Bonchev–Trinajstić information content (AvgIpc) is 3.08. The van der Waals surface area contributed by atoms with Gasteiger partial charge in [-0.3, -0.25) is 0 Å². The van der Waals surface area contributed by atoms with E-state index < -0.39 is 5.60 Å². The number of rotatable bonds is 2. The van der Waals surface area contributed by atoms with E-state index in [4.69, 9.17) is 9.47 Å². The molecule has 4 aromatic carbocycles. The molecule has 2 heterocycles. The van der Waals surface area contributed by atoms with Gasteiger partial charge < -0.3 is 14.8 Å². The number of carbonyl (C=O) groups is 1. The molecule has 4 nitrogen and oxygen atoms in total. The van der Waals surface area contributed by atoms with Gasteiger partial charge in [-0.1, -0.05) is 42.5 Å². The molecular weight excluding hydrogens is 410 g/mol. The predicted molar refractivity (Wildman–Crippen MR) is 129 cm³/mol. The molecule has 1 spiro atoms. The third-order valence-electron chi connectivity index (χ3n) is 6.51. The normalized spacial score (nSPS) is 17.6. The lowest BCUT2D eigenvalue weighted by molar-refractivity contribution is 0.0224. The van der Waals surface area contributed by atoms with E-state index in [0.717, 1.165) is 39.2 Å². The molecule has 0 bridgehead atoms. The van der Waals surface area contributed by atoms with Crippen LogP contribution in [0.2, 0.25) is 0 Å². The van der Waals surface area contributed by atoms with Gasteiger partial charge in [-0.25, -0.2) is 4.79 Å². The van der Waals surface area contributed by atoms with E-state index in [1.165, 1.54) is 5.56 Å². The lowest BCUT2D eigenvalue weighted by Gasteiger charge is -2.37. The van der Waals surface area contributed by atoms with Crippen LogP contribution in [0.3, 0.4) is 0 Å². The maximum atomic E-state index is 13.0. The Bertz CT molecular complexity index is 1460. The van der Waals surface area contributed by atoms with Gasteiger partial charge in [0, 0.05) is 28.1 Å². The van der Waals surface area contributed by atoms with Crippen molar-refractivity contribution in [1.82, 2.24) is 0 Å². The highest BCUT2D eigenvalue weighted by molar-refractivity contribution is 5.97. The van der Waals surface area contributed by atoms with Gasteiger partial charge in [-0.05, 0) is 73.9 Å². The third kappa shape index (κ3) is 2.87. The molecule has 0 saturated heterocycles. The van der Waals surface area contributed by atoms with E-state index in [2.05, 4.69) is 37.4 Å². The van der Waals surface area contributed by atoms with Crippen molar-refractivity contribution in [1.29, 1.82) is 0 Å².